The molecule has 1 atom stereocenters. The number of hydrogen-bond acceptors (Lipinski definition) is 4. The Balaban J connectivity index is 1.95. The lowest BCUT2D eigenvalue weighted by molar-refractivity contribution is 0.0815. The highest BCUT2D eigenvalue weighted by molar-refractivity contribution is 5.48. The van der Waals surface area contributed by atoms with Crippen molar-refractivity contribution in [3.8, 4) is 11.5 Å². The van der Waals surface area contributed by atoms with E-state index in [0.29, 0.717) is 6.04 Å². The summed E-state index contributed by atoms with van der Waals surface area (Å²) in [4.78, 5) is 2.62. The zero-order chi connectivity index (χ0) is 14.7. The number of benzene rings is 1. The second-order valence-corrected chi connectivity index (χ2v) is 6.00. The average molecular weight is 290 g/mol. The second kappa shape index (κ2) is 6.67. The van der Waals surface area contributed by atoms with Gasteiger partial charge in [-0.25, -0.2) is 0 Å². The van der Waals surface area contributed by atoms with Crippen LogP contribution < -0.4 is 14.8 Å². The van der Waals surface area contributed by atoms with Crippen molar-refractivity contribution in [2.45, 2.75) is 25.3 Å². The summed E-state index contributed by atoms with van der Waals surface area (Å²) in [5.41, 5.74) is 1.29. The van der Waals surface area contributed by atoms with Gasteiger partial charge in [-0.3, -0.25) is 4.90 Å². The molecule has 1 saturated heterocycles. The Bertz CT molecular complexity index is 468. The van der Waals surface area contributed by atoms with Gasteiger partial charge in [0, 0.05) is 37.8 Å². The maximum atomic E-state index is 5.69. The number of nitrogens with one attached hydrogen (secondary N) is 1. The highest BCUT2D eigenvalue weighted by Crippen LogP contribution is 2.46. The molecule has 0 unspecified atom stereocenters. The van der Waals surface area contributed by atoms with Crippen molar-refractivity contribution in [3.63, 3.8) is 0 Å². The van der Waals surface area contributed by atoms with Gasteiger partial charge in [-0.1, -0.05) is 18.6 Å². The monoisotopic (exact) mass is 290 g/mol. The molecule has 0 amide bonds. The van der Waals surface area contributed by atoms with Crippen molar-refractivity contribution < 1.29 is 9.47 Å². The first kappa shape index (κ1) is 14.7. The molecule has 0 bridgehead atoms. The lowest BCUT2D eigenvalue weighted by Crippen LogP contribution is -2.47. The number of hydrogen-bond donors (Lipinski definition) is 1. The van der Waals surface area contributed by atoms with Gasteiger partial charge >= 0.3 is 0 Å². The lowest BCUT2D eigenvalue weighted by atomic mass is 9.76. The maximum absolute atomic E-state index is 5.69. The summed E-state index contributed by atoms with van der Waals surface area (Å²) in [7, 11) is 3.46. The molecule has 1 saturated carbocycles. The summed E-state index contributed by atoms with van der Waals surface area (Å²) in [6, 6.07) is 6.75. The molecule has 116 valence electrons. The topological polar surface area (TPSA) is 33.7 Å². The molecule has 0 aromatic heterocycles. The summed E-state index contributed by atoms with van der Waals surface area (Å²) < 4.78 is 11.2. The van der Waals surface area contributed by atoms with Crippen molar-refractivity contribution in [1.29, 1.82) is 0 Å². The van der Waals surface area contributed by atoms with Crippen LogP contribution >= 0.6 is 0 Å². The molecule has 1 heterocycles. The first-order valence-electron chi connectivity index (χ1n) is 8.01. The van der Waals surface area contributed by atoms with Crippen molar-refractivity contribution in [1.82, 2.24) is 10.2 Å². The molecule has 1 aliphatic heterocycles. The summed E-state index contributed by atoms with van der Waals surface area (Å²) in [5.74, 6) is 2.51. The quantitative estimate of drug-likeness (QED) is 0.903. The van der Waals surface area contributed by atoms with E-state index in [1.165, 1.54) is 24.8 Å². The zero-order valence-electron chi connectivity index (χ0n) is 13.1. The van der Waals surface area contributed by atoms with Gasteiger partial charge in [0.1, 0.15) is 0 Å². The van der Waals surface area contributed by atoms with Gasteiger partial charge in [0.25, 0.3) is 0 Å². The predicted octanol–water partition coefficient (Wildman–Crippen LogP) is 2.45. The van der Waals surface area contributed by atoms with Crippen LogP contribution in [0.5, 0.6) is 11.5 Å². The molecule has 1 N–H and O–H groups in total. The van der Waals surface area contributed by atoms with Crippen LogP contribution in [0.1, 0.15) is 30.9 Å². The van der Waals surface area contributed by atoms with Crippen molar-refractivity contribution in [3.05, 3.63) is 23.8 Å². The van der Waals surface area contributed by atoms with Crippen LogP contribution in [-0.2, 0) is 0 Å². The summed E-state index contributed by atoms with van der Waals surface area (Å²) in [5, 5.41) is 3.45. The van der Waals surface area contributed by atoms with Gasteiger partial charge in [-0.05, 0) is 24.8 Å². The summed E-state index contributed by atoms with van der Waals surface area (Å²) in [6.45, 7) is 4.38. The molecule has 0 radical (unpaired) electrons. The first-order valence-corrected chi connectivity index (χ1v) is 8.01. The molecule has 1 aromatic carbocycles. The van der Waals surface area contributed by atoms with Crippen LogP contribution in [0.15, 0.2) is 18.2 Å². The van der Waals surface area contributed by atoms with Gasteiger partial charge in [0.2, 0.25) is 0 Å². The Morgan fingerprint density at radius 1 is 1.14 bits per heavy atom. The molecule has 1 aromatic rings. The number of rotatable bonds is 5. The van der Waals surface area contributed by atoms with Crippen LogP contribution in [0, 0.1) is 5.92 Å². The van der Waals surface area contributed by atoms with Crippen LogP contribution in [0.25, 0.3) is 0 Å². The van der Waals surface area contributed by atoms with E-state index in [4.69, 9.17) is 9.47 Å². The highest BCUT2D eigenvalue weighted by atomic mass is 16.5. The van der Waals surface area contributed by atoms with E-state index >= 15 is 0 Å². The predicted molar refractivity (Wildman–Crippen MR) is 84.1 cm³/mol. The van der Waals surface area contributed by atoms with E-state index in [-0.39, 0.29) is 0 Å². The van der Waals surface area contributed by atoms with Gasteiger partial charge < -0.3 is 14.8 Å². The molecule has 2 fully saturated rings. The third kappa shape index (κ3) is 2.87. The molecular weight excluding hydrogens is 264 g/mol. The lowest BCUT2D eigenvalue weighted by Gasteiger charge is -2.43. The third-order valence-corrected chi connectivity index (χ3v) is 4.89. The molecule has 0 spiro atoms. The Morgan fingerprint density at radius 2 is 1.90 bits per heavy atom. The Morgan fingerprint density at radius 3 is 2.48 bits per heavy atom. The Kier molecular flexibility index (Phi) is 4.66. The van der Waals surface area contributed by atoms with E-state index < -0.39 is 0 Å². The molecular formula is C17H26N2O2. The SMILES string of the molecule is COc1cccc([C@H](C2CCC2)N2CCNCC2)c1OC. The van der Waals surface area contributed by atoms with Gasteiger partial charge in [0.15, 0.2) is 11.5 Å². The van der Waals surface area contributed by atoms with Gasteiger partial charge in [-0.2, -0.15) is 0 Å². The minimum atomic E-state index is 0.464. The summed E-state index contributed by atoms with van der Waals surface area (Å²) >= 11 is 0. The van der Waals surface area contributed by atoms with Crippen LogP contribution in [0.4, 0.5) is 0 Å². The van der Waals surface area contributed by atoms with E-state index in [2.05, 4.69) is 22.3 Å². The second-order valence-electron chi connectivity index (χ2n) is 6.00. The van der Waals surface area contributed by atoms with Gasteiger partial charge in [0.05, 0.1) is 14.2 Å². The fourth-order valence-electron chi connectivity index (χ4n) is 3.61. The first-order chi connectivity index (χ1) is 10.3. The number of piperazine rings is 1. The molecule has 3 rings (SSSR count). The normalized spacial score (nSPS) is 21.6. The van der Waals surface area contributed by atoms with Crippen molar-refractivity contribution in [2.75, 3.05) is 40.4 Å². The molecule has 4 nitrogen and oxygen atoms in total. The minimum absolute atomic E-state index is 0.464. The number of ether oxygens (including phenoxy) is 2. The van der Waals surface area contributed by atoms with Crippen LogP contribution in [-0.4, -0.2) is 45.3 Å². The van der Waals surface area contributed by atoms with Crippen LogP contribution in [0.2, 0.25) is 0 Å². The maximum Gasteiger partial charge on any atom is 0.165 e. The number of para-hydroxylation sites is 1. The smallest absolute Gasteiger partial charge is 0.165 e. The largest absolute Gasteiger partial charge is 0.493 e. The van der Waals surface area contributed by atoms with Crippen LogP contribution in [0.3, 0.4) is 0 Å². The fourth-order valence-corrected chi connectivity index (χ4v) is 3.61. The standard InChI is InChI=1S/C17H26N2O2/c1-20-15-8-4-7-14(17(15)21-2)16(13-5-3-6-13)19-11-9-18-10-12-19/h4,7-8,13,16,18H,3,5-6,9-12H2,1-2H3/t16-/m0/s1. The minimum Gasteiger partial charge on any atom is -0.493 e. The van der Waals surface area contributed by atoms with Gasteiger partial charge in [-0.15, -0.1) is 0 Å². The fraction of sp³-hybridized carbons (Fsp3) is 0.647. The van der Waals surface area contributed by atoms with E-state index in [9.17, 15) is 0 Å². The molecule has 4 heteroatoms. The van der Waals surface area contributed by atoms with E-state index in [0.717, 1.165) is 43.6 Å². The third-order valence-electron chi connectivity index (χ3n) is 4.89. The zero-order valence-corrected chi connectivity index (χ0v) is 13.1. The number of nitrogens with zero attached hydrogens (tertiary/aromatic N) is 1. The molecule has 21 heavy (non-hydrogen) atoms. The van der Waals surface area contributed by atoms with E-state index in [1.807, 2.05) is 6.07 Å². The Hall–Kier alpha value is -1.26. The van der Waals surface area contributed by atoms with Crippen molar-refractivity contribution in [2.24, 2.45) is 5.92 Å². The van der Waals surface area contributed by atoms with Crippen molar-refractivity contribution >= 4 is 0 Å². The number of methoxy groups -OCH3 is 2. The Labute approximate surface area is 127 Å². The highest BCUT2D eigenvalue weighted by Gasteiger charge is 2.35. The molecule has 2 aliphatic rings. The summed E-state index contributed by atoms with van der Waals surface area (Å²) in [6.07, 6.45) is 4.02. The average Bonchev–Trinajstić information content (AvgIpc) is 2.50. The van der Waals surface area contributed by atoms with E-state index in [1.54, 1.807) is 14.2 Å². The molecule has 1 aliphatic carbocycles.